The summed E-state index contributed by atoms with van der Waals surface area (Å²) in [5.41, 5.74) is 2.46. The molecule has 0 spiro atoms. The van der Waals surface area contributed by atoms with Crippen LogP contribution >= 0.6 is 22.6 Å². The van der Waals surface area contributed by atoms with Crippen LogP contribution < -0.4 is 4.90 Å². The molecule has 1 aliphatic rings. The zero-order valence-corrected chi connectivity index (χ0v) is 18.3. The fourth-order valence-corrected chi connectivity index (χ4v) is 4.57. The molecule has 9 heteroatoms. The molecule has 0 atom stereocenters. The molecule has 2 aromatic rings. The Kier molecular flexibility index (Phi) is 7.03. The summed E-state index contributed by atoms with van der Waals surface area (Å²) in [6, 6.07) is 12.3. The Balaban J connectivity index is 1.73. The number of benzene rings is 2. The quantitative estimate of drug-likeness (QED) is 0.184. The van der Waals surface area contributed by atoms with Gasteiger partial charge < -0.3 is 9.79 Å². The summed E-state index contributed by atoms with van der Waals surface area (Å²) in [6.45, 7) is 2.14. The second-order valence-electron chi connectivity index (χ2n) is 6.11. The molecule has 1 fully saturated rings. The van der Waals surface area contributed by atoms with Crippen molar-refractivity contribution in [3.63, 3.8) is 0 Å². The number of sulfonamides is 1. The lowest BCUT2D eigenvalue weighted by atomic mass is 10.2. The summed E-state index contributed by atoms with van der Waals surface area (Å²) in [7, 11) is -2.44. The highest BCUT2D eigenvalue weighted by Crippen LogP contribution is 2.25. The molecule has 28 heavy (non-hydrogen) atoms. The molecule has 0 unspecified atom stereocenters. The molecule has 1 heterocycles. The molecule has 2 aromatic carbocycles. The Morgan fingerprint density at radius 2 is 1.82 bits per heavy atom. The molecule has 0 aromatic heterocycles. The fraction of sp³-hybridized carbons (Fsp3) is 0.263. The molecule has 1 aliphatic heterocycles. The van der Waals surface area contributed by atoms with Gasteiger partial charge in [0.2, 0.25) is 6.40 Å². The molecule has 1 saturated heterocycles. The first kappa shape index (κ1) is 20.7. The average molecular weight is 513 g/mol. The monoisotopic (exact) mass is 513 g/mol. The van der Waals surface area contributed by atoms with Crippen molar-refractivity contribution < 1.29 is 18.2 Å². The summed E-state index contributed by atoms with van der Waals surface area (Å²) in [6.07, 6.45) is 4.93. The van der Waals surface area contributed by atoms with Crippen LogP contribution in [0.5, 0.6) is 0 Å². The number of hydrogen-bond acceptors (Lipinski definition) is 6. The van der Waals surface area contributed by atoms with Gasteiger partial charge >= 0.3 is 0 Å². The van der Waals surface area contributed by atoms with Gasteiger partial charge in [-0.3, -0.25) is 0 Å². The van der Waals surface area contributed by atoms with Crippen molar-refractivity contribution in [3.8, 4) is 0 Å². The van der Waals surface area contributed by atoms with Crippen molar-refractivity contribution in [2.75, 3.05) is 25.1 Å². The molecule has 0 radical (unpaired) electrons. The van der Waals surface area contributed by atoms with Gasteiger partial charge in [-0.25, -0.2) is 4.99 Å². The van der Waals surface area contributed by atoms with E-state index in [1.807, 2.05) is 46.9 Å². The van der Waals surface area contributed by atoms with Crippen LogP contribution in [-0.4, -0.2) is 41.2 Å². The number of nitrogens with zero attached hydrogens (tertiary/aromatic N) is 3. The van der Waals surface area contributed by atoms with E-state index in [4.69, 9.17) is 0 Å². The molecule has 7 nitrogen and oxygen atoms in total. The normalized spacial score (nSPS) is 15.0. The maximum atomic E-state index is 12.5. The average Bonchev–Trinajstić information content (AvgIpc) is 3.23. The van der Waals surface area contributed by atoms with Crippen molar-refractivity contribution in [1.82, 2.24) is 0 Å². The van der Waals surface area contributed by atoms with E-state index >= 15 is 0 Å². The van der Waals surface area contributed by atoms with Crippen molar-refractivity contribution in [1.29, 1.82) is 0 Å². The summed E-state index contributed by atoms with van der Waals surface area (Å²) < 4.78 is 29.5. The lowest BCUT2D eigenvalue weighted by Gasteiger charge is -2.17. The van der Waals surface area contributed by atoms with Crippen LogP contribution in [0.25, 0.3) is 0 Å². The molecular formula is C19H20IN3O4S. The first-order chi connectivity index (χ1) is 13.5. The molecule has 0 saturated carbocycles. The summed E-state index contributed by atoms with van der Waals surface area (Å²) in [5, 5.41) is 0. The lowest BCUT2D eigenvalue weighted by molar-refractivity contribution is -0.187. The molecule has 0 bridgehead atoms. The van der Waals surface area contributed by atoms with Crippen molar-refractivity contribution >= 4 is 56.6 Å². The summed E-state index contributed by atoms with van der Waals surface area (Å²) in [5.74, 6) is 0. The van der Waals surface area contributed by atoms with Gasteiger partial charge in [0.25, 0.3) is 10.0 Å². The van der Waals surface area contributed by atoms with Crippen LogP contribution in [0.3, 0.4) is 0 Å². The second kappa shape index (κ2) is 9.48. The smallest absolute Gasteiger partial charge is 0.282 e. The van der Waals surface area contributed by atoms with Gasteiger partial charge in [-0.1, -0.05) is 12.1 Å². The Labute approximate surface area is 178 Å². The van der Waals surface area contributed by atoms with E-state index in [0.717, 1.165) is 30.7 Å². The van der Waals surface area contributed by atoms with Gasteiger partial charge in [0.15, 0.2) is 0 Å². The van der Waals surface area contributed by atoms with Crippen LogP contribution in [0.1, 0.15) is 18.4 Å². The third-order valence-corrected chi connectivity index (χ3v) is 6.35. The third-order valence-electron chi connectivity index (χ3n) is 4.25. The largest absolute Gasteiger partial charge is 0.372 e. The van der Waals surface area contributed by atoms with Crippen LogP contribution in [-0.2, 0) is 19.8 Å². The van der Waals surface area contributed by atoms with Gasteiger partial charge in [-0.2, -0.15) is 17.7 Å². The maximum absolute atomic E-state index is 12.5. The number of aliphatic imine (C=N–C) groups is 1. The Bertz CT molecular complexity index is 969. The Hall–Kier alpha value is -1.98. The zero-order chi connectivity index (χ0) is 20.0. The molecule has 0 N–H and O–H groups in total. The number of rotatable bonds is 7. The summed E-state index contributed by atoms with van der Waals surface area (Å²) in [4.78, 5) is 15.5. The predicted molar refractivity (Wildman–Crippen MR) is 118 cm³/mol. The minimum atomic E-state index is -3.80. The highest BCUT2D eigenvalue weighted by molar-refractivity contribution is 14.1. The van der Waals surface area contributed by atoms with E-state index in [-0.39, 0.29) is 4.90 Å². The van der Waals surface area contributed by atoms with Crippen molar-refractivity contribution in [3.05, 3.63) is 51.6 Å². The number of hydrogen-bond donors (Lipinski definition) is 0. The SMILES string of the molecule is COO/C=N/c1ccc(S(=O)(=O)N=Cc2ccc(N3CCCC3)cc2)cc1I. The van der Waals surface area contributed by atoms with Gasteiger partial charge in [0, 0.05) is 28.6 Å². The van der Waals surface area contributed by atoms with E-state index in [9.17, 15) is 8.42 Å². The first-order valence-electron chi connectivity index (χ1n) is 8.66. The number of halogens is 1. The van der Waals surface area contributed by atoms with Crippen LogP contribution in [0.4, 0.5) is 11.4 Å². The summed E-state index contributed by atoms with van der Waals surface area (Å²) >= 11 is 2.01. The van der Waals surface area contributed by atoms with E-state index in [0.29, 0.717) is 9.26 Å². The van der Waals surface area contributed by atoms with Crippen LogP contribution in [0.15, 0.2) is 56.8 Å². The highest BCUT2D eigenvalue weighted by Gasteiger charge is 2.14. The minimum absolute atomic E-state index is 0.105. The Morgan fingerprint density at radius 3 is 2.46 bits per heavy atom. The molecular weight excluding hydrogens is 493 g/mol. The fourth-order valence-electron chi connectivity index (χ4n) is 2.81. The molecule has 148 valence electrons. The van der Waals surface area contributed by atoms with Crippen molar-refractivity contribution in [2.24, 2.45) is 9.39 Å². The third kappa shape index (κ3) is 5.30. The second-order valence-corrected chi connectivity index (χ2v) is 8.90. The number of anilines is 1. The topological polar surface area (TPSA) is 80.6 Å². The first-order valence-corrected chi connectivity index (χ1v) is 11.2. The van der Waals surface area contributed by atoms with Gasteiger partial charge in [-0.05, 0) is 71.3 Å². The van der Waals surface area contributed by atoms with Crippen molar-refractivity contribution in [2.45, 2.75) is 17.7 Å². The maximum Gasteiger partial charge on any atom is 0.282 e. The minimum Gasteiger partial charge on any atom is -0.372 e. The van der Waals surface area contributed by atoms with E-state index in [1.54, 1.807) is 6.07 Å². The standard InChI is InChI=1S/C19H20IN3O4S/c1-26-27-14-21-19-9-8-17(12-18(19)20)28(24,25)22-13-15-4-6-16(7-5-15)23-10-2-3-11-23/h4-9,12-14H,2-3,10-11H2,1H3/b21-14+,22-13?. The van der Waals surface area contributed by atoms with Gasteiger partial charge in [0.1, 0.15) is 0 Å². The molecule has 0 amide bonds. The van der Waals surface area contributed by atoms with Gasteiger partial charge in [0.05, 0.1) is 17.7 Å². The lowest BCUT2D eigenvalue weighted by Crippen LogP contribution is -2.17. The van der Waals surface area contributed by atoms with Crippen LogP contribution in [0, 0.1) is 3.57 Å². The molecule has 0 aliphatic carbocycles. The van der Waals surface area contributed by atoms with E-state index < -0.39 is 10.0 Å². The molecule has 3 rings (SSSR count). The predicted octanol–water partition coefficient (Wildman–Crippen LogP) is 3.94. The van der Waals surface area contributed by atoms with Gasteiger partial charge in [-0.15, -0.1) is 0 Å². The van der Waals surface area contributed by atoms with E-state index in [2.05, 4.69) is 24.1 Å². The van der Waals surface area contributed by atoms with E-state index in [1.165, 1.54) is 38.3 Å². The Morgan fingerprint density at radius 1 is 1.11 bits per heavy atom. The zero-order valence-electron chi connectivity index (χ0n) is 15.3. The van der Waals surface area contributed by atoms with Crippen LogP contribution in [0.2, 0.25) is 0 Å². The highest BCUT2D eigenvalue weighted by atomic mass is 127.